The summed E-state index contributed by atoms with van der Waals surface area (Å²) >= 11 is 0. The van der Waals surface area contributed by atoms with Crippen LogP contribution in [0, 0.1) is 5.92 Å². The largest absolute Gasteiger partial charge is 0.494 e. The minimum atomic E-state index is 0.588. The summed E-state index contributed by atoms with van der Waals surface area (Å²) in [7, 11) is 3.84. The third-order valence-corrected chi connectivity index (χ3v) is 4.00. The van der Waals surface area contributed by atoms with Gasteiger partial charge in [0.1, 0.15) is 11.6 Å². The summed E-state index contributed by atoms with van der Waals surface area (Å²) in [6.45, 7) is 9.48. The molecule has 0 spiro atoms. The number of hydrogen-bond acceptors (Lipinski definition) is 3. The molecular formula is C20H31N5O. The van der Waals surface area contributed by atoms with E-state index in [-0.39, 0.29) is 0 Å². The Labute approximate surface area is 156 Å². The van der Waals surface area contributed by atoms with Gasteiger partial charge in [-0.05, 0) is 30.5 Å². The van der Waals surface area contributed by atoms with Crippen LogP contribution in [0.15, 0.2) is 41.7 Å². The highest BCUT2D eigenvalue weighted by Gasteiger charge is 2.09. The molecule has 1 heterocycles. The number of rotatable bonds is 8. The molecule has 0 bridgehead atoms. The molecular weight excluding hydrogens is 326 g/mol. The highest BCUT2D eigenvalue weighted by atomic mass is 16.5. The zero-order valence-corrected chi connectivity index (χ0v) is 16.6. The van der Waals surface area contributed by atoms with Crippen molar-refractivity contribution in [2.24, 2.45) is 10.9 Å². The lowest BCUT2D eigenvalue weighted by atomic mass is 10.2. The van der Waals surface area contributed by atoms with Crippen molar-refractivity contribution in [2.45, 2.75) is 40.4 Å². The molecule has 0 atom stereocenters. The molecule has 2 rings (SSSR count). The minimum absolute atomic E-state index is 0.588. The minimum Gasteiger partial charge on any atom is -0.494 e. The molecule has 0 aliphatic heterocycles. The van der Waals surface area contributed by atoms with Crippen molar-refractivity contribution in [1.29, 1.82) is 0 Å². The van der Waals surface area contributed by atoms with E-state index in [4.69, 9.17) is 4.74 Å². The van der Waals surface area contributed by atoms with E-state index in [2.05, 4.69) is 50.7 Å². The molecule has 0 unspecified atom stereocenters. The summed E-state index contributed by atoms with van der Waals surface area (Å²) in [5, 5.41) is 3.41. The Morgan fingerprint density at radius 1 is 1.31 bits per heavy atom. The van der Waals surface area contributed by atoms with E-state index in [1.165, 1.54) is 5.56 Å². The lowest BCUT2D eigenvalue weighted by Gasteiger charge is -2.22. The summed E-state index contributed by atoms with van der Waals surface area (Å²) < 4.78 is 7.69. The molecule has 0 saturated carbocycles. The van der Waals surface area contributed by atoms with Crippen molar-refractivity contribution in [3.05, 3.63) is 48.0 Å². The number of guanidine groups is 1. The van der Waals surface area contributed by atoms with E-state index in [0.717, 1.165) is 30.6 Å². The van der Waals surface area contributed by atoms with Crippen molar-refractivity contribution in [1.82, 2.24) is 19.8 Å². The summed E-state index contributed by atoms with van der Waals surface area (Å²) in [6.07, 6.45) is 3.88. The SMILES string of the molecule is CCOc1ccc(CN(C)C(=NC)NCc2nccn2CC(C)C)cc1. The maximum absolute atomic E-state index is 5.49. The molecule has 2 aromatic rings. The Morgan fingerprint density at radius 2 is 2.04 bits per heavy atom. The molecule has 6 heteroatoms. The second-order valence-electron chi connectivity index (χ2n) is 6.72. The number of aliphatic imine (C=N–C) groups is 1. The number of benzene rings is 1. The Kier molecular flexibility index (Phi) is 7.51. The molecule has 0 fully saturated rings. The Morgan fingerprint density at radius 3 is 2.65 bits per heavy atom. The van der Waals surface area contributed by atoms with E-state index >= 15 is 0 Å². The molecule has 1 aromatic carbocycles. The molecule has 0 aliphatic carbocycles. The zero-order chi connectivity index (χ0) is 18.9. The Balaban J connectivity index is 1.92. The molecule has 0 aliphatic rings. The normalized spacial score (nSPS) is 11.7. The van der Waals surface area contributed by atoms with Crippen molar-refractivity contribution in [3.8, 4) is 5.75 Å². The molecule has 142 valence electrons. The molecule has 1 N–H and O–H groups in total. The van der Waals surface area contributed by atoms with Gasteiger partial charge in [-0.15, -0.1) is 0 Å². The van der Waals surface area contributed by atoms with Crippen molar-refractivity contribution in [3.63, 3.8) is 0 Å². The summed E-state index contributed by atoms with van der Waals surface area (Å²) in [5.74, 6) is 3.36. The fourth-order valence-corrected chi connectivity index (χ4v) is 2.82. The van der Waals surface area contributed by atoms with Gasteiger partial charge in [-0.2, -0.15) is 0 Å². The van der Waals surface area contributed by atoms with Crippen LogP contribution in [-0.2, 0) is 19.6 Å². The van der Waals surface area contributed by atoms with Crippen LogP contribution in [0.5, 0.6) is 5.75 Å². The van der Waals surface area contributed by atoms with Crippen LogP contribution < -0.4 is 10.1 Å². The summed E-state index contributed by atoms with van der Waals surface area (Å²) in [4.78, 5) is 11.0. The van der Waals surface area contributed by atoms with Crippen LogP contribution in [-0.4, -0.2) is 41.1 Å². The number of nitrogens with one attached hydrogen (secondary N) is 1. The monoisotopic (exact) mass is 357 g/mol. The number of ether oxygens (including phenoxy) is 1. The highest BCUT2D eigenvalue weighted by Crippen LogP contribution is 2.13. The molecule has 1 aromatic heterocycles. The van der Waals surface area contributed by atoms with Gasteiger partial charge < -0.3 is 19.5 Å². The summed E-state index contributed by atoms with van der Waals surface area (Å²) in [5.41, 5.74) is 1.21. The molecule has 26 heavy (non-hydrogen) atoms. The Bertz CT molecular complexity index is 690. The molecule has 0 radical (unpaired) electrons. The van der Waals surface area contributed by atoms with Gasteiger partial charge in [0.15, 0.2) is 5.96 Å². The number of hydrogen-bond donors (Lipinski definition) is 1. The maximum atomic E-state index is 5.49. The fourth-order valence-electron chi connectivity index (χ4n) is 2.82. The standard InChI is InChI=1S/C20H31N5O/c1-6-26-18-9-7-17(8-10-18)15-24(5)20(21-4)23-13-19-22-11-12-25(19)14-16(2)3/h7-12,16H,6,13-15H2,1-5H3,(H,21,23). The predicted molar refractivity (Wildman–Crippen MR) is 106 cm³/mol. The Hall–Kier alpha value is -2.50. The van der Waals surface area contributed by atoms with Crippen molar-refractivity contribution < 1.29 is 4.74 Å². The first-order valence-electron chi connectivity index (χ1n) is 9.17. The smallest absolute Gasteiger partial charge is 0.194 e. The van der Waals surface area contributed by atoms with Gasteiger partial charge in [0, 0.05) is 39.6 Å². The second-order valence-corrected chi connectivity index (χ2v) is 6.72. The van der Waals surface area contributed by atoms with E-state index in [1.54, 1.807) is 7.05 Å². The quantitative estimate of drug-likeness (QED) is 0.582. The topological polar surface area (TPSA) is 54.7 Å². The van der Waals surface area contributed by atoms with Crippen LogP contribution in [0.25, 0.3) is 0 Å². The first-order chi connectivity index (χ1) is 12.5. The van der Waals surface area contributed by atoms with Gasteiger partial charge in [-0.3, -0.25) is 4.99 Å². The van der Waals surface area contributed by atoms with Gasteiger partial charge in [0.25, 0.3) is 0 Å². The number of nitrogens with zero attached hydrogens (tertiary/aromatic N) is 4. The first kappa shape index (κ1) is 19.8. The van der Waals surface area contributed by atoms with E-state index in [1.807, 2.05) is 38.5 Å². The van der Waals surface area contributed by atoms with Gasteiger partial charge in [0.05, 0.1) is 13.2 Å². The maximum Gasteiger partial charge on any atom is 0.194 e. The molecule has 0 amide bonds. The van der Waals surface area contributed by atoms with Gasteiger partial charge in [0.2, 0.25) is 0 Å². The summed E-state index contributed by atoms with van der Waals surface area (Å²) in [6, 6.07) is 8.19. The van der Waals surface area contributed by atoms with Gasteiger partial charge in [-0.1, -0.05) is 26.0 Å². The van der Waals surface area contributed by atoms with Crippen molar-refractivity contribution >= 4 is 5.96 Å². The van der Waals surface area contributed by atoms with Crippen LogP contribution in [0.4, 0.5) is 0 Å². The van der Waals surface area contributed by atoms with Crippen LogP contribution in [0.3, 0.4) is 0 Å². The van der Waals surface area contributed by atoms with Crippen LogP contribution in [0.1, 0.15) is 32.2 Å². The third-order valence-electron chi connectivity index (χ3n) is 4.00. The van der Waals surface area contributed by atoms with E-state index in [9.17, 15) is 0 Å². The lowest BCUT2D eigenvalue weighted by Crippen LogP contribution is -2.38. The van der Waals surface area contributed by atoms with E-state index in [0.29, 0.717) is 19.1 Å². The zero-order valence-electron chi connectivity index (χ0n) is 16.6. The van der Waals surface area contributed by atoms with Crippen LogP contribution >= 0.6 is 0 Å². The second kappa shape index (κ2) is 9.85. The number of aromatic nitrogens is 2. The van der Waals surface area contributed by atoms with Crippen LogP contribution in [0.2, 0.25) is 0 Å². The van der Waals surface area contributed by atoms with Gasteiger partial charge >= 0.3 is 0 Å². The van der Waals surface area contributed by atoms with Crippen molar-refractivity contribution in [2.75, 3.05) is 20.7 Å². The fraction of sp³-hybridized carbons (Fsp3) is 0.500. The highest BCUT2D eigenvalue weighted by molar-refractivity contribution is 5.79. The number of imidazole rings is 1. The molecule has 6 nitrogen and oxygen atoms in total. The predicted octanol–water partition coefficient (Wildman–Crippen LogP) is 3.15. The third kappa shape index (κ3) is 5.79. The van der Waals surface area contributed by atoms with E-state index < -0.39 is 0 Å². The first-order valence-corrected chi connectivity index (χ1v) is 9.17. The molecule has 0 saturated heterocycles. The van der Waals surface area contributed by atoms with Gasteiger partial charge in [-0.25, -0.2) is 4.98 Å². The average molecular weight is 358 g/mol. The average Bonchev–Trinajstić information content (AvgIpc) is 3.04. The lowest BCUT2D eigenvalue weighted by molar-refractivity contribution is 0.340.